The van der Waals surface area contributed by atoms with Crippen LogP contribution in [-0.4, -0.2) is 49.6 Å². The molecule has 4 heterocycles. The van der Waals surface area contributed by atoms with Gasteiger partial charge in [0.05, 0.1) is 24.5 Å². The Hall–Kier alpha value is -2.60. The Morgan fingerprint density at radius 2 is 2.13 bits per heavy atom. The van der Waals surface area contributed by atoms with Gasteiger partial charge in [-0.05, 0) is 30.0 Å². The summed E-state index contributed by atoms with van der Waals surface area (Å²) in [4.78, 5) is 16.8. The van der Waals surface area contributed by atoms with Crippen LogP contribution in [0.2, 0.25) is 0 Å². The number of amides is 1. The van der Waals surface area contributed by atoms with Crippen LogP contribution in [0, 0.1) is 0 Å². The summed E-state index contributed by atoms with van der Waals surface area (Å²) in [7, 11) is 0. The number of hydrogen-bond acceptors (Lipinski definition) is 4. The van der Waals surface area contributed by atoms with Crippen LogP contribution in [0.3, 0.4) is 0 Å². The fourth-order valence-corrected chi connectivity index (χ4v) is 5.82. The number of ether oxygens (including phenoxy) is 1. The van der Waals surface area contributed by atoms with Crippen molar-refractivity contribution in [1.82, 2.24) is 4.90 Å². The van der Waals surface area contributed by atoms with E-state index in [2.05, 4.69) is 21.2 Å². The molecule has 156 valence electrons. The molecule has 5 nitrogen and oxygen atoms in total. The molecular weight excluding hydrogens is 381 g/mol. The zero-order valence-corrected chi connectivity index (χ0v) is 16.9. The maximum atomic E-state index is 15.1. The van der Waals surface area contributed by atoms with E-state index in [1.54, 1.807) is 0 Å². The summed E-state index contributed by atoms with van der Waals surface area (Å²) in [6, 6.07) is 12.4. The summed E-state index contributed by atoms with van der Waals surface area (Å²) < 4.78 is 20.8. The van der Waals surface area contributed by atoms with Crippen LogP contribution in [0.15, 0.2) is 36.4 Å². The summed E-state index contributed by atoms with van der Waals surface area (Å²) in [6.45, 7) is 3.70. The average Bonchev–Trinajstić information content (AvgIpc) is 3.36. The van der Waals surface area contributed by atoms with Gasteiger partial charge in [0.1, 0.15) is 11.9 Å². The minimum Gasteiger partial charge on any atom is -0.493 e. The number of nitrogens with zero attached hydrogens (tertiary/aromatic N) is 2. The standard InChI is InChI=1S/C24H26FN3O2/c25-19(17-5-1-3-15-9-12-30-24(15)17)7-10-27-11-8-21-18(13-27)16-4-2-6-20-23(16)28(21)14-22(29)26-20/h1-6,18-19,21H,7-14H2,(H,26,29)/t18-,19?,21-/m0/s1. The van der Waals surface area contributed by atoms with Crippen molar-refractivity contribution in [1.29, 1.82) is 0 Å². The monoisotopic (exact) mass is 407 g/mol. The van der Waals surface area contributed by atoms with Gasteiger partial charge in [0.15, 0.2) is 0 Å². The minimum absolute atomic E-state index is 0.0700. The second-order valence-corrected chi connectivity index (χ2v) is 8.87. The first kappa shape index (κ1) is 18.2. The molecule has 1 unspecified atom stereocenters. The third-order valence-electron chi connectivity index (χ3n) is 7.18. The average molecular weight is 407 g/mol. The minimum atomic E-state index is -1.00. The van der Waals surface area contributed by atoms with E-state index in [0.717, 1.165) is 49.5 Å². The van der Waals surface area contributed by atoms with Crippen molar-refractivity contribution in [3.05, 3.63) is 53.1 Å². The van der Waals surface area contributed by atoms with Gasteiger partial charge in [-0.1, -0.05) is 30.3 Å². The van der Waals surface area contributed by atoms with Gasteiger partial charge in [-0.15, -0.1) is 0 Å². The molecule has 6 heteroatoms. The maximum Gasteiger partial charge on any atom is 0.243 e. The van der Waals surface area contributed by atoms with Gasteiger partial charge in [0.25, 0.3) is 0 Å². The van der Waals surface area contributed by atoms with Gasteiger partial charge in [0, 0.05) is 43.6 Å². The van der Waals surface area contributed by atoms with Gasteiger partial charge in [-0.2, -0.15) is 0 Å². The van der Waals surface area contributed by atoms with E-state index in [0.29, 0.717) is 37.1 Å². The molecule has 0 aromatic heterocycles. The lowest BCUT2D eigenvalue weighted by atomic mass is 9.89. The number of fused-ring (bicyclic) bond motifs is 4. The second-order valence-electron chi connectivity index (χ2n) is 8.87. The highest BCUT2D eigenvalue weighted by Gasteiger charge is 2.45. The number of halogens is 1. The highest BCUT2D eigenvalue weighted by Crippen LogP contribution is 2.49. The van der Waals surface area contributed by atoms with Crippen molar-refractivity contribution >= 4 is 17.3 Å². The van der Waals surface area contributed by atoms with Gasteiger partial charge in [0.2, 0.25) is 5.91 Å². The van der Waals surface area contributed by atoms with E-state index in [1.165, 1.54) is 11.3 Å². The van der Waals surface area contributed by atoms with Crippen LogP contribution in [0.1, 0.15) is 41.6 Å². The third kappa shape index (κ3) is 2.81. The van der Waals surface area contributed by atoms with Gasteiger partial charge < -0.3 is 19.9 Å². The second kappa shape index (κ2) is 6.98. The van der Waals surface area contributed by atoms with E-state index in [9.17, 15) is 4.79 Å². The normalized spacial score (nSPS) is 25.2. The first-order valence-electron chi connectivity index (χ1n) is 11.0. The summed E-state index contributed by atoms with van der Waals surface area (Å²) in [5, 5.41) is 3.02. The summed E-state index contributed by atoms with van der Waals surface area (Å²) >= 11 is 0. The number of carbonyl (C=O) groups excluding carboxylic acids is 1. The number of para-hydroxylation sites is 2. The lowest BCUT2D eigenvalue weighted by Crippen LogP contribution is -2.49. The van der Waals surface area contributed by atoms with Crippen LogP contribution in [0.4, 0.5) is 15.8 Å². The van der Waals surface area contributed by atoms with Crippen molar-refractivity contribution in [2.75, 3.05) is 43.0 Å². The lowest BCUT2D eigenvalue weighted by Gasteiger charge is -2.39. The smallest absolute Gasteiger partial charge is 0.243 e. The molecule has 2 aromatic carbocycles. The molecule has 0 radical (unpaired) electrons. The number of likely N-dealkylation sites (tertiary alicyclic amines) is 1. The van der Waals surface area contributed by atoms with Crippen LogP contribution in [-0.2, 0) is 11.2 Å². The Morgan fingerprint density at radius 1 is 1.23 bits per heavy atom. The zero-order chi connectivity index (χ0) is 20.2. The molecule has 0 bridgehead atoms. The number of nitrogens with one attached hydrogen (secondary N) is 1. The lowest BCUT2D eigenvalue weighted by molar-refractivity contribution is -0.115. The van der Waals surface area contributed by atoms with Crippen molar-refractivity contribution in [3.63, 3.8) is 0 Å². The van der Waals surface area contributed by atoms with E-state index >= 15 is 4.39 Å². The molecule has 4 aliphatic rings. The number of benzene rings is 2. The first-order chi connectivity index (χ1) is 14.7. The largest absolute Gasteiger partial charge is 0.493 e. The fourth-order valence-electron chi connectivity index (χ4n) is 5.82. The maximum absolute atomic E-state index is 15.1. The fraction of sp³-hybridized carbons (Fsp3) is 0.458. The van der Waals surface area contributed by atoms with Crippen LogP contribution in [0.25, 0.3) is 0 Å². The molecule has 30 heavy (non-hydrogen) atoms. The van der Waals surface area contributed by atoms with E-state index in [4.69, 9.17) is 4.74 Å². The van der Waals surface area contributed by atoms with E-state index in [1.807, 2.05) is 30.3 Å². The summed E-state index contributed by atoms with van der Waals surface area (Å²) in [5.74, 6) is 1.22. The predicted molar refractivity (Wildman–Crippen MR) is 114 cm³/mol. The molecular formula is C24H26FN3O2. The molecule has 1 saturated heterocycles. The molecule has 3 atom stereocenters. The van der Waals surface area contributed by atoms with Crippen molar-refractivity contribution < 1.29 is 13.9 Å². The zero-order valence-electron chi connectivity index (χ0n) is 16.9. The van der Waals surface area contributed by atoms with Crippen LogP contribution >= 0.6 is 0 Å². The van der Waals surface area contributed by atoms with E-state index in [-0.39, 0.29) is 5.91 Å². The molecule has 1 amide bonds. The van der Waals surface area contributed by atoms with Crippen molar-refractivity contribution in [3.8, 4) is 5.75 Å². The molecule has 0 aliphatic carbocycles. The van der Waals surface area contributed by atoms with Crippen molar-refractivity contribution in [2.45, 2.75) is 37.4 Å². The Kier molecular flexibility index (Phi) is 4.23. The molecule has 1 N–H and O–H groups in total. The van der Waals surface area contributed by atoms with Crippen LogP contribution < -0.4 is 15.0 Å². The highest BCUT2D eigenvalue weighted by atomic mass is 19.1. The highest BCUT2D eigenvalue weighted by molar-refractivity contribution is 6.03. The molecule has 0 spiro atoms. The third-order valence-corrected chi connectivity index (χ3v) is 7.18. The first-order valence-corrected chi connectivity index (χ1v) is 11.0. The SMILES string of the molecule is O=C1CN2c3c(cccc3[C@@H]3CN(CCC(F)c4cccc5c4OCC5)CC[C@@H]32)N1. The predicted octanol–water partition coefficient (Wildman–Crippen LogP) is 3.65. The number of carbonyl (C=O) groups is 1. The van der Waals surface area contributed by atoms with Crippen LogP contribution in [0.5, 0.6) is 5.75 Å². The molecule has 2 aromatic rings. The summed E-state index contributed by atoms with van der Waals surface area (Å²) in [6.07, 6.45) is 1.36. The van der Waals surface area contributed by atoms with Gasteiger partial charge in [-0.25, -0.2) is 4.39 Å². The quantitative estimate of drug-likeness (QED) is 0.840. The molecule has 1 fully saturated rings. The molecule has 6 rings (SSSR count). The number of alkyl halides is 1. The number of piperidine rings is 1. The Balaban J connectivity index is 1.16. The van der Waals surface area contributed by atoms with Crippen molar-refractivity contribution in [2.24, 2.45) is 0 Å². The Labute approximate surface area is 175 Å². The molecule has 0 saturated carbocycles. The number of hydrogen-bond donors (Lipinski definition) is 1. The Morgan fingerprint density at radius 3 is 3.07 bits per heavy atom. The van der Waals surface area contributed by atoms with Gasteiger partial charge >= 0.3 is 0 Å². The molecule has 4 aliphatic heterocycles. The number of rotatable bonds is 4. The van der Waals surface area contributed by atoms with E-state index < -0.39 is 6.17 Å². The van der Waals surface area contributed by atoms with Gasteiger partial charge in [-0.3, -0.25) is 4.79 Å². The number of anilines is 2. The summed E-state index contributed by atoms with van der Waals surface area (Å²) in [5.41, 5.74) is 5.30. The Bertz CT molecular complexity index is 1010. The topological polar surface area (TPSA) is 44.8 Å².